The van der Waals surface area contributed by atoms with Gasteiger partial charge in [-0.05, 0) is 54.9 Å². The molecule has 1 fully saturated rings. The van der Waals surface area contributed by atoms with Crippen LogP contribution >= 0.6 is 0 Å². The van der Waals surface area contributed by atoms with Crippen molar-refractivity contribution in [3.8, 4) is 11.5 Å². The highest BCUT2D eigenvalue weighted by Crippen LogP contribution is 2.41. The van der Waals surface area contributed by atoms with Crippen molar-refractivity contribution < 1.29 is 0 Å². The van der Waals surface area contributed by atoms with E-state index in [0.29, 0.717) is 10.5 Å². The van der Waals surface area contributed by atoms with E-state index in [1.54, 1.807) is 5.57 Å². The Morgan fingerprint density at radius 3 is 2.00 bits per heavy atom. The van der Waals surface area contributed by atoms with Crippen LogP contribution in [0.3, 0.4) is 0 Å². The van der Waals surface area contributed by atoms with E-state index >= 15 is 0 Å². The molecule has 1 aliphatic carbocycles. The van der Waals surface area contributed by atoms with Gasteiger partial charge in [-0.1, -0.05) is 79.5 Å². The normalized spacial score (nSPS) is 19.7. The average molecular weight is 347 g/mol. The van der Waals surface area contributed by atoms with Crippen LogP contribution in [0, 0.1) is 22.8 Å². The van der Waals surface area contributed by atoms with E-state index < -0.39 is 8.07 Å². The van der Waals surface area contributed by atoms with Gasteiger partial charge in [0.25, 0.3) is 0 Å². The topological polar surface area (TPSA) is 0 Å². The van der Waals surface area contributed by atoms with E-state index in [9.17, 15) is 0 Å². The van der Waals surface area contributed by atoms with Crippen molar-refractivity contribution in [2.45, 2.75) is 112 Å². The van der Waals surface area contributed by atoms with Crippen molar-refractivity contribution in [1.29, 1.82) is 0 Å². The average Bonchev–Trinajstić information content (AvgIpc) is 2.45. The lowest BCUT2D eigenvalue weighted by Gasteiger charge is -2.35. The lowest BCUT2D eigenvalue weighted by atomic mass is 9.70. The lowest BCUT2D eigenvalue weighted by molar-refractivity contribution is 0.197. The molecule has 0 aromatic heterocycles. The second-order valence-electron chi connectivity index (χ2n) is 10.5. The number of hydrogen-bond acceptors (Lipinski definition) is 0. The van der Waals surface area contributed by atoms with E-state index in [4.69, 9.17) is 0 Å². The molecular weight excluding hydrogens is 304 g/mol. The summed E-state index contributed by atoms with van der Waals surface area (Å²) in [5, 5.41) is 0.352. The van der Waals surface area contributed by atoms with Crippen LogP contribution in [0.1, 0.15) is 93.4 Å². The van der Waals surface area contributed by atoms with Crippen LogP contribution in [-0.4, -0.2) is 8.07 Å². The summed E-state index contributed by atoms with van der Waals surface area (Å²) >= 11 is 0. The highest BCUT2D eigenvalue weighted by molar-refractivity contribution is 6.87. The van der Waals surface area contributed by atoms with E-state index in [-0.39, 0.29) is 0 Å². The Hall–Kier alpha value is -0.483. The Morgan fingerprint density at radius 1 is 1.04 bits per heavy atom. The summed E-state index contributed by atoms with van der Waals surface area (Å²) in [6.07, 6.45) is 9.04. The molecule has 1 saturated carbocycles. The molecule has 0 bridgehead atoms. The first-order valence-electron chi connectivity index (χ1n) is 10.1. The van der Waals surface area contributed by atoms with Crippen LogP contribution in [0.4, 0.5) is 0 Å². The molecule has 138 valence electrons. The molecule has 24 heavy (non-hydrogen) atoms. The van der Waals surface area contributed by atoms with E-state index in [0.717, 1.165) is 5.92 Å². The van der Waals surface area contributed by atoms with Gasteiger partial charge in [0.05, 0.1) is 0 Å². The van der Waals surface area contributed by atoms with Crippen molar-refractivity contribution in [3.63, 3.8) is 0 Å². The Labute approximate surface area is 153 Å². The maximum absolute atomic E-state index is 3.78. The third-order valence-corrected chi connectivity index (χ3v) is 10.9. The third-order valence-electron chi connectivity index (χ3n) is 6.42. The second-order valence-corrected chi connectivity index (χ2v) is 15.5. The van der Waals surface area contributed by atoms with Crippen LogP contribution in [0.2, 0.25) is 18.1 Å². The van der Waals surface area contributed by atoms with Gasteiger partial charge in [0.1, 0.15) is 8.07 Å². The van der Waals surface area contributed by atoms with Crippen molar-refractivity contribution in [3.05, 3.63) is 11.1 Å². The predicted molar refractivity (Wildman–Crippen MR) is 113 cm³/mol. The summed E-state index contributed by atoms with van der Waals surface area (Å²) in [7, 11) is -1.51. The minimum Gasteiger partial charge on any atom is -0.126 e. The maximum atomic E-state index is 3.78. The summed E-state index contributed by atoms with van der Waals surface area (Å²) in [6.45, 7) is 21.5. The predicted octanol–water partition coefficient (Wildman–Crippen LogP) is 7.76. The smallest absolute Gasteiger partial charge is 0.126 e. The molecule has 0 heterocycles. The lowest BCUT2D eigenvalue weighted by Crippen LogP contribution is -2.35. The van der Waals surface area contributed by atoms with E-state index in [2.05, 4.69) is 73.0 Å². The van der Waals surface area contributed by atoms with Crippen LogP contribution in [0.5, 0.6) is 0 Å². The SMILES string of the molecule is CCCCC(C#C[Si](C)(C)C(C)(C)C)=C1CCC(C(C)(C)C)CC1. The molecule has 1 aliphatic rings. The fourth-order valence-corrected chi connectivity index (χ4v) is 4.07. The fourth-order valence-electron chi connectivity index (χ4n) is 3.23. The van der Waals surface area contributed by atoms with Crippen LogP contribution < -0.4 is 0 Å². The molecule has 0 spiro atoms. The van der Waals surface area contributed by atoms with Crippen molar-refractivity contribution in [2.75, 3.05) is 0 Å². The third kappa shape index (κ3) is 6.11. The van der Waals surface area contributed by atoms with Crippen LogP contribution in [0.15, 0.2) is 11.1 Å². The highest BCUT2D eigenvalue weighted by atomic mass is 28.3. The fraction of sp³-hybridized carbons (Fsp3) is 0.826. The molecule has 0 aromatic rings. The molecule has 0 unspecified atom stereocenters. The number of unbranched alkanes of at least 4 members (excludes halogenated alkanes) is 1. The quantitative estimate of drug-likeness (QED) is 0.362. The zero-order chi connectivity index (χ0) is 18.6. The first kappa shape index (κ1) is 21.6. The minimum absolute atomic E-state index is 0.352. The van der Waals surface area contributed by atoms with Gasteiger partial charge in [-0.2, -0.15) is 0 Å². The summed E-state index contributed by atoms with van der Waals surface area (Å²) < 4.78 is 0. The van der Waals surface area contributed by atoms with Gasteiger partial charge in [0.2, 0.25) is 0 Å². The maximum Gasteiger partial charge on any atom is 0.138 e. The van der Waals surface area contributed by atoms with Crippen molar-refractivity contribution in [1.82, 2.24) is 0 Å². The van der Waals surface area contributed by atoms with Gasteiger partial charge in [0.15, 0.2) is 0 Å². The zero-order valence-electron chi connectivity index (χ0n) is 18.0. The molecule has 1 rings (SSSR count). The summed E-state index contributed by atoms with van der Waals surface area (Å²) in [5.74, 6) is 4.59. The number of allylic oxidation sites excluding steroid dienone is 2. The monoisotopic (exact) mass is 346 g/mol. The Bertz CT molecular complexity index is 487. The molecule has 0 radical (unpaired) electrons. The van der Waals surface area contributed by atoms with E-state index in [1.807, 2.05) is 0 Å². The second kappa shape index (κ2) is 8.26. The minimum atomic E-state index is -1.51. The van der Waals surface area contributed by atoms with E-state index in [1.165, 1.54) is 50.5 Å². The van der Waals surface area contributed by atoms with Crippen LogP contribution in [-0.2, 0) is 0 Å². The van der Waals surface area contributed by atoms with Crippen molar-refractivity contribution in [2.24, 2.45) is 11.3 Å². The number of rotatable bonds is 3. The molecule has 0 nitrogen and oxygen atoms in total. The molecular formula is C23H42Si. The Kier molecular flexibility index (Phi) is 7.42. The van der Waals surface area contributed by atoms with Gasteiger partial charge < -0.3 is 0 Å². The molecule has 0 aliphatic heterocycles. The summed E-state index contributed by atoms with van der Waals surface area (Å²) in [4.78, 5) is 0. The molecule has 1 heteroatoms. The largest absolute Gasteiger partial charge is 0.138 e. The molecule has 0 saturated heterocycles. The standard InChI is InChI=1S/C23H42Si/c1-10-11-12-19(17-18-24(8,9)23(5,6)7)20-13-15-21(16-14-20)22(2,3)4/h21H,10-16H2,1-9H3. The van der Waals surface area contributed by atoms with Gasteiger partial charge in [-0.25, -0.2) is 0 Å². The molecule has 0 atom stereocenters. The Morgan fingerprint density at radius 2 is 1.58 bits per heavy atom. The molecule has 0 aromatic carbocycles. The first-order valence-corrected chi connectivity index (χ1v) is 13.1. The van der Waals surface area contributed by atoms with Crippen molar-refractivity contribution >= 4 is 8.07 Å². The van der Waals surface area contributed by atoms with Gasteiger partial charge in [-0.15, -0.1) is 5.54 Å². The summed E-state index contributed by atoms with van der Waals surface area (Å²) in [6, 6.07) is 0. The van der Waals surface area contributed by atoms with Crippen LogP contribution in [0.25, 0.3) is 0 Å². The van der Waals surface area contributed by atoms with Gasteiger partial charge >= 0.3 is 0 Å². The van der Waals surface area contributed by atoms with Gasteiger partial charge in [-0.3, -0.25) is 0 Å². The summed E-state index contributed by atoms with van der Waals surface area (Å²) in [5.41, 5.74) is 7.44. The Balaban J connectivity index is 2.99. The highest BCUT2D eigenvalue weighted by Gasteiger charge is 2.34. The van der Waals surface area contributed by atoms with Gasteiger partial charge in [0, 0.05) is 5.57 Å². The zero-order valence-corrected chi connectivity index (χ0v) is 19.0. The molecule has 0 amide bonds. The molecule has 0 N–H and O–H groups in total. The number of hydrogen-bond donors (Lipinski definition) is 0. The first-order chi connectivity index (χ1) is 10.9.